The van der Waals surface area contributed by atoms with Gasteiger partial charge in [-0.1, -0.05) is 31.5 Å². The second kappa shape index (κ2) is 8.62. The summed E-state index contributed by atoms with van der Waals surface area (Å²) in [7, 11) is -3.76. The molecule has 1 amide bonds. The molecule has 0 aliphatic heterocycles. The van der Waals surface area contributed by atoms with Crippen LogP contribution in [-0.4, -0.2) is 36.7 Å². The van der Waals surface area contributed by atoms with E-state index in [4.69, 9.17) is 11.6 Å². The first-order chi connectivity index (χ1) is 12.3. The number of carbonyl (C=O) groups is 1. The highest BCUT2D eigenvalue weighted by Gasteiger charge is 2.25. The molecule has 2 rings (SSSR count). The first-order valence-corrected chi connectivity index (χ1v) is 10.1. The second-order valence-corrected chi connectivity index (χ2v) is 8.00. The Balaban J connectivity index is 2.30. The number of nitrogens with zero attached hydrogens (tertiary/aromatic N) is 2. The molecule has 0 saturated carbocycles. The summed E-state index contributed by atoms with van der Waals surface area (Å²) in [5.41, 5.74) is 0.939. The Hall–Kier alpha value is -1.96. The third-order valence-corrected chi connectivity index (χ3v) is 6.53. The van der Waals surface area contributed by atoms with Crippen LogP contribution >= 0.6 is 11.6 Å². The molecule has 0 saturated heterocycles. The molecule has 0 radical (unpaired) electrons. The smallest absolute Gasteiger partial charge is 0.251 e. The third-order valence-electron chi connectivity index (χ3n) is 4.00. The number of sulfonamides is 1. The van der Waals surface area contributed by atoms with Gasteiger partial charge in [0.05, 0.1) is 16.8 Å². The van der Waals surface area contributed by atoms with Crippen LogP contribution in [0.15, 0.2) is 47.5 Å². The van der Waals surface area contributed by atoms with Crippen molar-refractivity contribution in [2.75, 3.05) is 13.1 Å². The Morgan fingerprint density at radius 2 is 1.92 bits per heavy atom. The van der Waals surface area contributed by atoms with Gasteiger partial charge in [-0.15, -0.1) is 0 Å². The maximum Gasteiger partial charge on any atom is 0.251 e. The van der Waals surface area contributed by atoms with E-state index >= 15 is 0 Å². The normalized spacial score (nSPS) is 12.8. The van der Waals surface area contributed by atoms with Gasteiger partial charge in [-0.25, -0.2) is 8.42 Å². The lowest BCUT2D eigenvalue weighted by Crippen LogP contribution is -2.31. The lowest BCUT2D eigenvalue weighted by Gasteiger charge is -2.20. The number of amides is 1. The van der Waals surface area contributed by atoms with Crippen LogP contribution in [0, 0.1) is 0 Å². The quantitative estimate of drug-likeness (QED) is 0.780. The van der Waals surface area contributed by atoms with E-state index in [1.165, 1.54) is 22.5 Å². The van der Waals surface area contributed by atoms with Crippen LogP contribution in [0.3, 0.4) is 0 Å². The minimum Gasteiger partial charge on any atom is -0.344 e. The number of pyridine rings is 1. The van der Waals surface area contributed by atoms with Crippen LogP contribution in [0.2, 0.25) is 5.02 Å². The van der Waals surface area contributed by atoms with Crippen molar-refractivity contribution in [3.8, 4) is 0 Å². The molecule has 8 heteroatoms. The van der Waals surface area contributed by atoms with Crippen molar-refractivity contribution in [3.63, 3.8) is 0 Å². The lowest BCUT2D eigenvalue weighted by atomic mass is 10.1. The average molecular weight is 396 g/mol. The second-order valence-electron chi connectivity index (χ2n) is 5.68. The highest BCUT2D eigenvalue weighted by Crippen LogP contribution is 2.26. The summed E-state index contributed by atoms with van der Waals surface area (Å²) in [4.78, 5) is 16.7. The highest BCUT2D eigenvalue weighted by molar-refractivity contribution is 7.89. The Bertz CT molecular complexity index is 869. The molecule has 0 bridgehead atoms. The fourth-order valence-corrected chi connectivity index (χ4v) is 4.49. The van der Waals surface area contributed by atoms with Gasteiger partial charge in [0.2, 0.25) is 10.0 Å². The van der Waals surface area contributed by atoms with Crippen molar-refractivity contribution < 1.29 is 13.2 Å². The average Bonchev–Trinajstić information content (AvgIpc) is 2.63. The van der Waals surface area contributed by atoms with Crippen LogP contribution in [0.25, 0.3) is 0 Å². The van der Waals surface area contributed by atoms with Gasteiger partial charge in [0, 0.05) is 24.8 Å². The Morgan fingerprint density at radius 1 is 1.23 bits per heavy atom. The minimum absolute atomic E-state index is 0.0685. The molecule has 1 N–H and O–H groups in total. The van der Waals surface area contributed by atoms with Gasteiger partial charge in [-0.2, -0.15) is 4.31 Å². The summed E-state index contributed by atoms with van der Waals surface area (Å²) in [5.74, 6) is -0.393. The largest absolute Gasteiger partial charge is 0.344 e. The van der Waals surface area contributed by atoms with Crippen LogP contribution in [-0.2, 0) is 10.0 Å². The summed E-state index contributed by atoms with van der Waals surface area (Å²) < 4.78 is 26.8. The Labute approximate surface area is 159 Å². The van der Waals surface area contributed by atoms with Gasteiger partial charge in [-0.05, 0) is 37.3 Å². The first kappa shape index (κ1) is 20.4. The minimum atomic E-state index is -3.76. The lowest BCUT2D eigenvalue weighted by molar-refractivity contribution is 0.0939. The number of nitrogens with one attached hydrogen (secondary N) is 1. The topological polar surface area (TPSA) is 79.4 Å². The van der Waals surface area contributed by atoms with Crippen molar-refractivity contribution in [2.24, 2.45) is 0 Å². The molecule has 0 fully saturated rings. The number of aromatic nitrogens is 1. The van der Waals surface area contributed by atoms with E-state index < -0.39 is 15.9 Å². The summed E-state index contributed by atoms with van der Waals surface area (Å²) in [6.45, 7) is 5.95. The molecule has 6 nitrogen and oxygen atoms in total. The van der Waals surface area contributed by atoms with E-state index in [9.17, 15) is 13.2 Å². The summed E-state index contributed by atoms with van der Waals surface area (Å²) >= 11 is 6.10. The van der Waals surface area contributed by atoms with Gasteiger partial charge in [0.25, 0.3) is 5.91 Å². The summed E-state index contributed by atoms with van der Waals surface area (Å²) in [5, 5.41) is 2.90. The van der Waals surface area contributed by atoms with Crippen LogP contribution in [0.4, 0.5) is 0 Å². The van der Waals surface area contributed by atoms with E-state index in [0.717, 1.165) is 0 Å². The predicted octanol–water partition coefficient (Wildman–Crippen LogP) is 3.26. The highest BCUT2D eigenvalue weighted by atomic mass is 35.5. The Kier molecular flexibility index (Phi) is 6.75. The number of halogens is 1. The molecule has 1 unspecified atom stereocenters. The van der Waals surface area contributed by atoms with E-state index in [1.807, 2.05) is 19.1 Å². The van der Waals surface area contributed by atoms with E-state index in [-0.39, 0.29) is 21.5 Å². The molecule has 0 aliphatic carbocycles. The zero-order chi connectivity index (χ0) is 19.3. The van der Waals surface area contributed by atoms with Crippen molar-refractivity contribution in [3.05, 3.63) is 58.9 Å². The molecule has 1 heterocycles. The van der Waals surface area contributed by atoms with Crippen molar-refractivity contribution >= 4 is 27.5 Å². The number of hydrogen-bond acceptors (Lipinski definition) is 4. The Morgan fingerprint density at radius 3 is 2.50 bits per heavy atom. The van der Waals surface area contributed by atoms with Gasteiger partial charge in [0.15, 0.2) is 0 Å². The van der Waals surface area contributed by atoms with Crippen molar-refractivity contribution in [2.45, 2.75) is 31.7 Å². The van der Waals surface area contributed by atoms with Gasteiger partial charge >= 0.3 is 0 Å². The molecule has 1 aromatic carbocycles. The van der Waals surface area contributed by atoms with Crippen LogP contribution in [0.1, 0.15) is 42.9 Å². The molecular formula is C18H22ClN3O3S. The SMILES string of the molecule is CCN(CC)S(=O)(=O)c1cc(C(=O)NC(C)c2ccccn2)ccc1Cl. The van der Waals surface area contributed by atoms with Gasteiger partial charge in [0.1, 0.15) is 4.90 Å². The van der Waals surface area contributed by atoms with E-state index in [2.05, 4.69) is 10.3 Å². The molecule has 1 atom stereocenters. The van der Waals surface area contributed by atoms with Crippen LogP contribution in [0.5, 0.6) is 0 Å². The van der Waals surface area contributed by atoms with Crippen molar-refractivity contribution in [1.29, 1.82) is 0 Å². The zero-order valence-electron chi connectivity index (χ0n) is 14.9. The van der Waals surface area contributed by atoms with E-state index in [0.29, 0.717) is 18.8 Å². The fourth-order valence-electron chi connectivity index (χ4n) is 2.53. The van der Waals surface area contributed by atoms with Crippen molar-refractivity contribution in [1.82, 2.24) is 14.6 Å². The zero-order valence-corrected chi connectivity index (χ0v) is 16.5. The molecule has 140 valence electrons. The molecule has 26 heavy (non-hydrogen) atoms. The van der Waals surface area contributed by atoms with Gasteiger partial charge in [-0.3, -0.25) is 9.78 Å². The van der Waals surface area contributed by atoms with E-state index in [1.54, 1.807) is 26.1 Å². The van der Waals surface area contributed by atoms with Gasteiger partial charge < -0.3 is 5.32 Å². The number of carbonyl (C=O) groups excluding carboxylic acids is 1. The third kappa shape index (κ3) is 4.41. The summed E-state index contributed by atoms with van der Waals surface area (Å²) in [6, 6.07) is 9.37. The molecule has 1 aromatic heterocycles. The maximum absolute atomic E-state index is 12.7. The number of benzene rings is 1. The molecule has 0 aliphatic rings. The monoisotopic (exact) mass is 395 g/mol. The fraction of sp³-hybridized carbons (Fsp3) is 0.333. The first-order valence-electron chi connectivity index (χ1n) is 8.32. The number of hydrogen-bond donors (Lipinski definition) is 1. The summed E-state index contributed by atoms with van der Waals surface area (Å²) in [6.07, 6.45) is 1.65. The standard InChI is InChI=1S/C18H22ClN3O3S/c1-4-22(5-2)26(24,25)17-12-14(9-10-15(17)19)18(23)21-13(3)16-8-6-7-11-20-16/h6-13H,4-5H2,1-3H3,(H,21,23). The number of rotatable bonds is 7. The maximum atomic E-state index is 12.7. The molecule has 2 aromatic rings. The van der Waals surface area contributed by atoms with Crippen LogP contribution < -0.4 is 5.32 Å². The molecule has 0 spiro atoms. The predicted molar refractivity (Wildman–Crippen MR) is 102 cm³/mol. The molecular weight excluding hydrogens is 374 g/mol.